The summed E-state index contributed by atoms with van der Waals surface area (Å²) < 4.78 is 4.80. The number of carbonyl (C=O) groups excluding carboxylic acids is 1. The lowest BCUT2D eigenvalue weighted by Gasteiger charge is -2.44. The molecule has 2 N–H and O–H groups in total. The first kappa shape index (κ1) is 17.3. The Morgan fingerprint density at radius 2 is 1.82 bits per heavy atom. The smallest absolute Gasteiger partial charge is 0.337 e. The Morgan fingerprint density at radius 3 is 2.54 bits per heavy atom. The second-order valence-corrected chi connectivity index (χ2v) is 8.25. The molecule has 2 aliphatic carbocycles. The van der Waals surface area contributed by atoms with Crippen molar-refractivity contribution in [2.75, 3.05) is 12.4 Å². The average molecular weight is 377 g/mol. The quantitative estimate of drug-likeness (QED) is 0.772. The van der Waals surface area contributed by atoms with Gasteiger partial charge in [-0.2, -0.15) is 0 Å². The first-order valence-corrected chi connectivity index (χ1v) is 9.89. The molecule has 1 heterocycles. The highest BCUT2D eigenvalue weighted by Crippen LogP contribution is 2.63. The van der Waals surface area contributed by atoms with Gasteiger partial charge in [0.05, 0.1) is 30.0 Å². The Hall–Kier alpha value is -2.82. The molecule has 0 spiro atoms. The Balaban J connectivity index is 1.59. The average Bonchev–Trinajstić information content (AvgIpc) is 3.35. The second kappa shape index (κ2) is 6.36. The van der Waals surface area contributed by atoms with Gasteiger partial charge in [-0.25, -0.2) is 9.59 Å². The number of benzene rings is 2. The molecule has 2 aromatic carbocycles. The number of carboxylic acids is 1. The summed E-state index contributed by atoms with van der Waals surface area (Å²) in [6.07, 6.45) is 3.71. The maximum atomic E-state index is 11.8. The molecule has 2 aromatic rings. The van der Waals surface area contributed by atoms with E-state index in [1.165, 1.54) is 31.9 Å². The van der Waals surface area contributed by atoms with Crippen LogP contribution in [0.4, 0.5) is 5.69 Å². The van der Waals surface area contributed by atoms with Gasteiger partial charge >= 0.3 is 11.9 Å². The van der Waals surface area contributed by atoms with Crippen LogP contribution in [0.2, 0.25) is 0 Å². The molecule has 1 aliphatic heterocycles. The maximum absolute atomic E-state index is 11.8. The number of anilines is 1. The maximum Gasteiger partial charge on any atom is 0.337 e. The van der Waals surface area contributed by atoms with Crippen LogP contribution in [0.25, 0.3) is 0 Å². The third-order valence-electron chi connectivity index (χ3n) is 7.04. The van der Waals surface area contributed by atoms with Crippen molar-refractivity contribution < 1.29 is 19.4 Å². The third-order valence-corrected chi connectivity index (χ3v) is 7.04. The standard InChI is InChI=1S/C23H23NO4/c1-28-23(27)13-7-5-12(6-8-13)20-19-15-10-9-14(11-15)18(19)16-3-2-4-17(22(25)26)21(16)24-20/h2-8,14-15,18-20,24H,9-11H2,1H3,(H,25,26)/t14-,15+,18-,19+,20+/m1/s1. The first-order valence-electron chi connectivity index (χ1n) is 9.89. The van der Waals surface area contributed by atoms with Gasteiger partial charge in [-0.1, -0.05) is 24.3 Å². The number of ether oxygens (including phenoxy) is 1. The molecule has 2 fully saturated rings. The summed E-state index contributed by atoms with van der Waals surface area (Å²) in [5.41, 5.74) is 3.90. The number of methoxy groups -OCH3 is 1. The number of esters is 1. The van der Waals surface area contributed by atoms with Crippen LogP contribution in [-0.2, 0) is 4.74 Å². The highest BCUT2D eigenvalue weighted by molar-refractivity contribution is 5.95. The van der Waals surface area contributed by atoms with Crippen LogP contribution in [0.5, 0.6) is 0 Å². The number of para-hydroxylation sites is 1. The monoisotopic (exact) mass is 377 g/mol. The summed E-state index contributed by atoms with van der Waals surface area (Å²) in [5, 5.41) is 13.3. The Morgan fingerprint density at radius 1 is 1.07 bits per heavy atom. The summed E-state index contributed by atoms with van der Waals surface area (Å²) >= 11 is 0. The summed E-state index contributed by atoms with van der Waals surface area (Å²) in [6.45, 7) is 0. The summed E-state index contributed by atoms with van der Waals surface area (Å²) in [5.74, 6) is 0.912. The van der Waals surface area contributed by atoms with Crippen molar-refractivity contribution in [3.8, 4) is 0 Å². The normalized spacial score (nSPS) is 29.5. The summed E-state index contributed by atoms with van der Waals surface area (Å²) in [6, 6.07) is 13.2. The van der Waals surface area contributed by atoms with Gasteiger partial charge in [0.2, 0.25) is 0 Å². The molecule has 5 heteroatoms. The zero-order chi connectivity index (χ0) is 19.4. The minimum atomic E-state index is -0.897. The lowest BCUT2D eigenvalue weighted by molar-refractivity contribution is 0.0599. The largest absolute Gasteiger partial charge is 0.478 e. The van der Waals surface area contributed by atoms with Crippen LogP contribution in [0.1, 0.15) is 63.1 Å². The van der Waals surface area contributed by atoms with E-state index in [9.17, 15) is 14.7 Å². The van der Waals surface area contributed by atoms with Gasteiger partial charge in [0.15, 0.2) is 0 Å². The van der Waals surface area contributed by atoms with E-state index in [4.69, 9.17) is 4.74 Å². The molecule has 0 aromatic heterocycles. The second-order valence-electron chi connectivity index (χ2n) is 8.25. The van der Waals surface area contributed by atoms with Crippen molar-refractivity contribution in [1.82, 2.24) is 0 Å². The van der Waals surface area contributed by atoms with E-state index < -0.39 is 5.97 Å². The van der Waals surface area contributed by atoms with Crippen molar-refractivity contribution in [1.29, 1.82) is 0 Å². The van der Waals surface area contributed by atoms with Gasteiger partial charge < -0.3 is 15.2 Å². The molecule has 28 heavy (non-hydrogen) atoms. The van der Waals surface area contributed by atoms with Crippen LogP contribution in [-0.4, -0.2) is 24.2 Å². The zero-order valence-corrected chi connectivity index (χ0v) is 15.7. The van der Waals surface area contributed by atoms with E-state index in [1.807, 2.05) is 18.2 Å². The zero-order valence-electron chi connectivity index (χ0n) is 15.7. The molecule has 2 saturated carbocycles. The van der Waals surface area contributed by atoms with Gasteiger partial charge in [0.25, 0.3) is 0 Å². The molecule has 0 radical (unpaired) electrons. The van der Waals surface area contributed by atoms with E-state index in [2.05, 4.69) is 11.4 Å². The molecule has 0 saturated heterocycles. The molecule has 5 rings (SSSR count). The summed E-state index contributed by atoms with van der Waals surface area (Å²) in [4.78, 5) is 23.6. The van der Waals surface area contributed by atoms with Crippen molar-refractivity contribution in [2.45, 2.75) is 31.2 Å². The number of carbonyl (C=O) groups is 2. The third kappa shape index (κ3) is 2.45. The molecular formula is C23H23NO4. The van der Waals surface area contributed by atoms with Crippen LogP contribution in [0.15, 0.2) is 42.5 Å². The number of hydrogen-bond acceptors (Lipinski definition) is 4. The number of rotatable bonds is 3. The number of aromatic carboxylic acids is 1. The van der Waals surface area contributed by atoms with Gasteiger partial charge in [0.1, 0.15) is 0 Å². The molecular weight excluding hydrogens is 354 g/mol. The fourth-order valence-corrected chi connectivity index (χ4v) is 5.97. The Kier molecular flexibility index (Phi) is 3.93. The van der Waals surface area contributed by atoms with Crippen molar-refractivity contribution in [2.24, 2.45) is 17.8 Å². The Bertz CT molecular complexity index is 952. The molecule has 5 nitrogen and oxygen atoms in total. The van der Waals surface area contributed by atoms with Crippen molar-refractivity contribution >= 4 is 17.6 Å². The summed E-state index contributed by atoms with van der Waals surface area (Å²) in [7, 11) is 1.38. The van der Waals surface area contributed by atoms with Gasteiger partial charge in [-0.05, 0) is 72.3 Å². The molecule has 3 aliphatic rings. The van der Waals surface area contributed by atoms with Crippen LogP contribution in [0.3, 0.4) is 0 Å². The predicted octanol–water partition coefficient (Wildman–Crippen LogP) is 4.47. The van der Waals surface area contributed by atoms with Crippen LogP contribution >= 0.6 is 0 Å². The fraction of sp³-hybridized carbons (Fsp3) is 0.391. The lowest BCUT2D eigenvalue weighted by Crippen LogP contribution is -2.36. The number of nitrogens with one attached hydrogen (secondary N) is 1. The molecule has 2 bridgehead atoms. The van der Waals surface area contributed by atoms with Crippen LogP contribution < -0.4 is 5.32 Å². The highest BCUT2D eigenvalue weighted by Gasteiger charge is 2.54. The molecule has 0 amide bonds. The van der Waals surface area contributed by atoms with Gasteiger partial charge in [-0.15, -0.1) is 0 Å². The van der Waals surface area contributed by atoms with E-state index in [0.717, 1.165) is 11.3 Å². The molecule has 5 atom stereocenters. The van der Waals surface area contributed by atoms with E-state index >= 15 is 0 Å². The predicted molar refractivity (Wildman–Crippen MR) is 105 cm³/mol. The number of carboxylic acid groups (broad SMARTS) is 1. The molecule has 144 valence electrons. The van der Waals surface area contributed by atoms with Crippen molar-refractivity contribution in [3.63, 3.8) is 0 Å². The number of hydrogen-bond donors (Lipinski definition) is 2. The molecule has 0 unspecified atom stereocenters. The van der Waals surface area contributed by atoms with E-state index in [-0.39, 0.29) is 12.0 Å². The van der Waals surface area contributed by atoms with Gasteiger partial charge in [-0.3, -0.25) is 0 Å². The van der Waals surface area contributed by atoms with E-state index in [1.54, 1.807) is 18.2 Å². The van der Waals surface area contributed by atoms with Crippen LogP contribution in [0, 0.1) is 17.8 Å². The SMILES string of the molecule is COC(=O)c1ccc([C@@H]2Nc3c(C(=O)O)cccc3[C@H]3[C@@H]4CC[C@@H](C4)[C@@H]32)cc1. The lowest BCUT2D eigenvalue weighted by atomic mass is 9.67. The minimum Gasteiger partial charge on any atom is -0.478 e. The van der Waals surface area contributed by atoms with Gasteiger partial charge in [0, 0.05) is 0 Å². The van der Waals surface area contributed by atoms with Crippen molar-refractivity contribution in [3.05, 3.63) is 64.7 Å². The van der Waals surface area contributed by atoms with E-state index in [0.29, 0.717) is 34.8 Å². The first-order chi connectivity index (χ1) is 13.6. The topological polar surface area (TPSA) is 75.6 Å². The minimum absolute atomic E-state index is 0.0556. The fourth-order valence-electron chi connectivity index (χ4n) is 5.97. The number of fused-ring (bicyclic) bond motifs is 7. The highest BCUT2D eigenvalue weighted by atomic mass is 16.5. The Labute approximate surface area is 163 Å².